The van der Waals surface area contributed by atoms with E-state index in [1.807, 2.05) is 0 Å². The maximum absolute atomic E-state index is 14.4. The van der Waals surface area contributed by atoms with Crippen molar-refractivity contribution in [2.45, 2.75) is 206 Å². The summed E-state index contributed by atoms with van der Waals surface area (Å²) in [5, 5.41) is 52.4. The second-order valence-electron chi connectivity index (χ2n) is 34.4. The molecule has 11 N–H and O–H groups in total. The molecule has 11 aromatic rings. The van der Waals surface area contributed by atoms with Crippen molar-refractivity contribution in [3.8, 4) is 12.3 Å². The van der Waals surface area contributed by atoms with Gasteiger partial charge in [0.1, 0.15) is 80.3 Å². The van der Waals surface area contributed by atoms with Crippen molar-refractivity contribution < 1.29 is 83.9 Å². The summed E-state index contributed by atoms with van der Waals surface area (Å²) in [6.45, 7) is 14.6. The Morgan fingerprint density at radius 3 is 1.03 bits per heavy atom. The van der Waals surface area contributed by atoms with Gasteiger partial charge in [0.05, 0.1) is 74.5 Å². The Balaban J connectivity index is 0.000000128. The van der Waals surface area contributed by atoms with Crippen molar-refractivity contribution in [3.05, 3.63) is 243 Å². The maximum atomic E-state index is 14.4. The van der Waals surface area contributed by atoms with Gasteiger partial charge in [-0.3, -0.25) is 57.5 Å². The number of benzene rings is 4. The third kappa shape index (κ3) is 17.2. The third-order valence-electron chi connectivity index (χ3n) is 25.5. The first-order valence-corrected chi connectivity index (χ1v) is 43.1. The molecule has 4 aliphatic heterocycles. The van der Waals surface area contributed by atoms with Gasteiger partial charge in [0.15, 0.2) is 0 Å². The number of fused-ring (bicyclic) bond motifs is 4. The lowest BCUT2D eigenvalue weighted by atomic mass is 10.0. The molecule has 4 aromatic carbocycles. The van der Waals surface area contributed by atoms with Crippen LogP contribution < -0.4 is 42.5 Å². The molecule has 0 bridgehead atoms. The minimum Gasteiger partial charge on any atom is -0.340 e. The van der Waals surface area contributed by atoms with Gasteiger partial charge in [-0.1, -0.05) is 23.6 Å². The second kappa shape index (κ2) is 35.3. The van der Waals surface area contributed by atoms with Crippen molar-refractivity contribution in [3.63, 3.8) is 0 Å². The highest BCUT2D eigenvalue weighted by molar-refractivity contribution is 6.46. The number of nitrogens with one attached hydrogen (secondary N) is 11. The normalized spacial score (nSPS) is 15.7. The van der Waals surface area contributed by atoms with Crippen LogP contribution in [-0.4, -0.2) is 140 Å². The van der Waals surface area contributed by atoms with Crippen LogP contribution in [0.4, 0.5) is 49.1 Å². The van der Waals surface area contributed by atoms with Crippen molar-refractivity contribution in [2.75, 3.05) is 21.3 Å². The number of carbonyl (C=O) groups is 12. The first-order chi connectivity index (χ1) is 62.9. The molecule has 4 saturated carbocycles. The number of rotatable bonds is 23. The summed E-state index contributed by atoms with van der Waals surface area (Å²) in [7, 11) is 0. The Morgan fingerprint density at radius 1 is 0.379 bits per heavy atom. The lowest BCUT2D eigenvalue weighted by molar-refractivity contribution is -0.118. The van der Waals surface area contributed by atoms with Crippen LogP contribution in [0.15, 0.2) is 73.2 Å². The molecule has 0 atom stereocenters. The third-order valence-corrected chi connectivity index (χ3v) is 25.9. The zero-order valence-corrected chi connectivity index (χ0v) is 73.4. The average Bonchev–Trinajstić information content (AvgIpc) is 1.61. The number of Topliss-reactive ketones (excluding diaryl/α,β-unsaturated/α-hetero) is 4. The van der Waals surface area contributed by atoms with Gasteiger partial charge in [0.2, 0.25) is 0 Å². The fraction of sp³-hybridized carbons (Fsp3) is 0.348. The zero-order valence-electron chi connectivity index (χ0n) is 72.7. The van der Waals surface area contributed by atoms with Gasteiger partial charge >= 0.3 is 0 Å². The first-order valence-electron chi connectivity index (χ1n) is 42.7. The Kier molecular flexibility index (Phi) is 24.2. The number of amides is 8. The molecule has 33 nitrogen and oxygen atoms in total. The molecule has 0 saturated heterocycles. The van der Waals surface area contributed by atoms with Crippen LogP contribution >= 0.6 is 11.6 Å². The largest absolute Gasteiger partial charge is 0.340 e. The summed E-state index contributed by atoms with van der Waals surface area (Å²) in [5.41, 5.74) is 5.47. The number of anilines is 4. The van der Waals surface area contributed by atoms with Crippen molar-refractivity contribution in [1.29, 1.82) is 0 Å². The summed E-state index contributed by atoms with van der Waals surface area (Å²) < 4.78 is 91.5. The van der Waals surface area contributed by atoms with Crippen LogP contribution in [0.5, 0.6) is 0 Å². The zero-order chi connectivity index (χ0) is 94.2. The van der Waals surface area contributed by atoms with Crippen LogP contribution in [0.25, 0.3) is 0 Å². The SMILES string of the molecule is C#CC1(NC(=O)C(=O)c2c(C)c(C(=O)Nc3cc(F)c(C)c(F)c3)n3c2CCC3)CC1.Cc1cc(F)c(NC(=O)c2c(C)c(C(=O)C(=O)NC3(c4cn[nH]n4)CC3)c3n2CCC3)cc1Cl.Cc1cc(F)c(NC(=O)c2c(C)c(C(=O)C(=O)NC3(c4cn[nH]n4)CC3)c3n2CCC3)cc1F.Cc1ccc(NC(=O)c2c(C)c(C(=O)C(=O)NC3(c4cn[nH]n4)CC3)c3n2CCC3)c(F)c1. The van der Waals surface area contributed by atoms with Gasteiger partial charge in [-0.25, -0.2) is 26.3 Å². The van der Waals surface area contributed by atoms with Crippen LogP contribution in [0.3, 0.4) is 0 Å². The summed E-state index contributed by atoms with van der Waals surface area (Å²) in [6.07, 6.45) is 20.2. The first kappa shape index (κ1) is 90.6. The van der Waals surface area contributed by atoms with E-state index in [-0.39, 0.29) is 78.9 Å². The number of hydrogen-bond acceptors (Lipinski definition) is 18. The topological polar surface area (TPSA) is 446 Å². The molecule has 8 amide bonds. The van der Waals surface area contributed by atoms with Gasteiger partial charge in [0, 0.05) is 71.3 Å². The fourth-order valence-corrected chi connectivity index (χ4v) is 18.1. The minimum absolute atomic E-state index is 0.0335. The van der Waals surface area contributed by atoms with E-state index in [4.69, 9.17) is 18.0 Å². The van der Waals surface area contributed by atoms with Crippen LogP contribution in [-0.2, 0) is 87.7 Å². The van der Waals surface area contributed by atoms with Gasteiger partial charge in [-0.2, -0.15) is 46.2 Å². The quantitative estimate of drug-likeness (QED) is 0.0123. The van der Waals surface area contributed by atoms with Gasteiger partial charge < -0.3 is 60.8 Å². The van der Waals surface area contributed by atoms with Gasteiger partial charge in [-0.15, -0.1) is 6.42 Å². The highest BCUT2D eigenvalue weighted by atomic mass is 35.5. The Hall–Kier alpha value is -14.7. The lowest BCUT2D eigenvalue weighted by Crippen LogP contribution is -2.40. The van der Waals surface area contributed by atoms with Gasteiger partial charge in [-0.05, 0) is 240 Å². The predicted octanol–water partition coefficient (Wildman–Crippen LogP) is 11.5. The maximum Gasteiger partial charge on any atom is 0.293 e. The number of hydrogen-bond donors (Lipinski definition) is 11. The molecule has 132 heavy (non-hydrogen) atoms. The number of carbonyl (C=O) groups excluding carboxylic acids is 12. The molecule has 40 heteroatoms. The molecule has 682 valence electrons. The van der Waals surface area contributed by atoms with Crippen molar-refractivity contribution in [2.24, 2.45) is 0 Å². The molecule has 0 spiro atoms. The fourth-order valence-electron chi connectivity index (χ4n) is 17.9. The summed E-state index contributed by atoms with van der Waals surface area (Å²) in [4.78, 5) is 156. The molecule has 0 unspecified atom stereocenters. The van der Waals surface area contributed by atoms with Crippen LogP contribution in [0.2, 0.25) is 5.02 Å². The van der Waals surface area contributed by atoms with Crippen molar-refractivity contribution >= 4 is 105 Å². The smallest absolute Gasteiger partial charge is 0.293 e. The molecule has 11 heterocycles. The average molecular weight is 1830 g/mol. The number of terminal acetylenes is 1. The van der Waals surface area contributed by atoms with E-state index in [9.17, 15) is 83.9 Å². The Labute approximate surface area is 753 Å². The van der Waals surface area contributed by atoms with E-state index < -0.39 is 127 Å². The lowest BCUT2D eigenvalue weighted by Gasteiger charge is -2.14. The number of ketones is 4. The highest BCUT2D eigenvalue weighted by Crippen LogP contribution is 2.48. The van der Waals surface area contributed by atoms with E-state index in [1.165, 1.54) is 56.7 Å². The standard InChI is InChI=1S/C23H22ClFN6O3.C23H22F2N6O3.C23H21F2N3O3.C23H23FN6O3/c2*1-11-8-14(25)15(9-13(11)24)27-21(33)19-12(2)18(16-4-3-7-31(16)19)20(32)22(34)28-23(5-6-23)17-10-26-30-29-17;1-4-23(7-8-23)27-22(31)20(29)18-13(3)19(28-9-5-6-17(18)28)21(30)26-14-10-15(24)12(2)16(25)11-14;1-12-5-6-15(14(24)10-12)26-21(32)19-13(2)18(16-4-3-9-30(16)19)20(31)22(33)27-23(7-8-23)17-11-25-29-28-17/h2*8-10H,3-7H2,1-2H3,(H,27,33)(H,28,34)(H,26,29,30);1,10-11H,5-9H2,2-3H3,(H,26,30)(H,27,31);5-6,10-11H,3-4,7-9H2,1-2H3,(H,26,32)(H,27,33)(H,25,28,29). The molecule has 4 fully saturated rings. The minimum atomic E-state index is -0.798. The van der Waals surface area contributed by atoms with Crippen molar-refractivity contribution in [1.82, 2.24) is 85.8 Å². The molecular weight excluding hydrogens is 1740 g/mol. The van der Waals surface area contributed by atoms with E-state index in [0.29, 0.717) is 189 Å². The molecule has 4 aliphatic carbocycles. The van der Waals surface area contributed by atoms with Gasteiger partial charge in [0.25, 0.3) is 70.4 Å². The van der Waals surface area contributed by atoms with E-state index in [1.54, 1.807) is 65.9 Å². The summed E-state index contributed by atoms with van der Waals surface area (Å²) in [5.74, 6) is -9.94. The van der Waals surface area contributed by atoms with Crippen LogP contribution in [0, 0.1) is 103 Å². The summed E-state index contributed by atoms with van der Waals surface area (Å²) >= 11 is 6.09. The van der Waals surface area contributed by atoms with E-state index >= 15 is 0 Å². The number of aryl methyl sites for hydroxylation is 3. The Morgan fingerprint density at radius 2 is 0.705 bits per heavy atom. The van der Waals surface area contributed by atoms with E-state index in [2.05, 4.69) is 94.7 Å². The molecule has 8 aliphatic rings. The number of aromatic nitrogens is 13. The molecular formula is C92H88ClF6N21O12. The number of H-pyrrole nitrogens is 3. The molecule has 19 rings (SSSR count). The van der Waals surface area contributed by atoms with E-state index in [0.717, 1.165) is 42.7 Å². The number of aromatic amines is 3. The molecule has 0 radical (unpaired) electrons. The monoisotopic (exact) mass is 1830 g/mol. The molecule has 7 aromatic heterocycles. The predicted molar refractivity (Wildman–Crippen MR) is 464 cm³/mol. The summed E-state index contributed by atoms with van der Waals surface area (Å²) in [6, 6.07) is 11.1. The highest BCUT2D eigenvalue weighted by Gasteiger charge is 2.53. The Bertz CT molecular complexity index is 6530. The number of halogens is 7. The number of nitrogens with zero attached hydrogens (tertiary/aromatic N) is 10. The van der Waals surface area contributed by atoms with Crippen LogP contribution in [0.1, 0.15) is 245 Å². The second-order valence-corrected chi connectivity index (χ2v) is 34.8.